The predicted molar refractivity (Wildman–Crippen MR) is 31.4 cm³/mol. The second-order valence-electron chi connectivity index (χ2n) is 1.74. The zero-order valence-electron chi connectivity index (χ0n) is 5.53. The average Bonchev–Trinajstić information content (AvgIpc) is 1.21. The first kappa shape index (κ1) is 13.1. The van der Waals surface area contributed by atoms with E-state index in [-0.39, 0.29) is 33.4 Å². The average molecular weight is 367 g/mol. The second kappa shape index (κ2) is 5.17. The fourth-order valence-corrected chi connectivity index (χ4v) is 1.30. The van der Waals surface area contributed by atoms with Crippen molar-refractivity contribution in [3.63, 3.8) is 0 Å². The van der Waals surface area contributed by atoms with Crippen LogP contribution >= 0.6 is 0 Å². The molecule has 4 nitrogen and oxygen atoms in total. The molecule has 0 fully saturated rings. The normalized spacial score (nSPS) is 11.3. The molecule has 2 radical (unpaired) electrons. The predicted octanol–water partition coefficient (Wildman–Crippen LogP) is -1.71. The molecule has 0 bridgehead atoms. The van der Waals surface area contributed by atoms with Crippen LogP contribution in [0.25, 0.3) is 0 Å². The quantitative estimate of drug-likeness (QED) is 0.509. The zero-order chi connectivity index (χ0) is 6.78. The van der Waals surface area contributed by atoms with Crippen LogP contribution in [0.1, 0.15) is 13.8 Å². The van der Waals surface area contributed by atoms with E-state index in [4.69, 9.17) is 11.1 Å². The van der Waals surface area contributed by atoms with Crippen molar-refractivity contribution in [1.82, 2.24) is 0 Å². The van der Waals surface area contributed by atoms with E-state index in [1.54, 1.807) is 13.8 Å². The van der Waals surface area contributed by atoms with E-state index in [1.165, 1.54) is 0 Å². The molecule has 0 aliphatic heterocycles. The molecule has 0 saturated carbocycles. The van der Waals surface area contributed by atoms with E-state index in [0.717, 1.165) is 0 Å². The molecule has 0 aliphatic carbocycles. The van der Waals surface area contributed by atoms with Gasteiger partial charge in [-0.3, -0.25) is 0 Å². The van der Waals surface area contributed by atoms with E-state index in [0.29, 0.717) is 0 Å². The van der Waals surface area contributed by atoms with Gasteiger partial charge in [0.1, 0.15) is 0 Å². The summed E-state index contributed by atoms with van der Waals surface area (Å²) in [4.78, 5) is 0. The number of hydrogen-bond donors (Lipinski definition) is 3. The van der Waals surface area contributed by atoms with Crippen LogP contribution in [0.2, 0.25) is 0 Å². The van der Waals surface area contributed by atoms with Crippen molar-refractivity contribution in [2.75, 3.05) is 0 Å². The van der Waals surface area contributed by atoms with Crippen LogP contribution in [0.15, 0.2) is 0 Å². The van der Waals surface area contributed by atoms with Gasteiger partial charge in [0.2, 0.25) is 0 Å². The van der Waals surface area contributed by atoms with Crippen molar-refractivity contribution in [2.45, 2.75) is 20.0 Å². The van der Waals surface area contributed by atoms with Crippen LogP contribution in [0.5, 0.6) is 0 Å². The zero-order valence-corrected chi connectivity index (χ0v) is 12.6. The summed E-state index contributed by atoms with van der Waals surface area (Å²) in [5.41, 5.74) is 0. The third-order valence-corrected chi connectivity index (χ3v) is 1.62. The Morgan fingerprint density at radius 2 is 1.56 bits per heavy atom. The van der Waals surface area contributed by atoms with Crippen molar-refractivity contribution < 1.29 is 32.5 Å². The molecule has 0 aromatic carbocycles. The van der Waals surface area contributed by atoms with Crippen molar-refractivity contribution in [1.29, 1.82) is 0 Å². The second-order valence-corrected chi connectivity index (χ2v) is 3.90. The summed E-state index contributed by atoms with van der Waals surface area (Å²) >= 11 is -4.66. The molecule has 0 amide bonds. The van der Waals surface area contributed by atoms with Gasteiger partial charge < -0.3 is 0 Å². The van der Waals surface area contributed by atoms with Gasteiger partial charge in [0.05, 0.1) is 0 Å². The van der Waals surface area contributed by atoms with Crippen LogP contribution in [0.3, 0.4) is 0 Å². The van der Waals surface area contributed by atoms with E-state index in [1.807, 2.05) is 0 Å². The summed E-state index contributed by atoms with van der Waals surface area (Å²) in [7, 11) is 0. The first-order valence-corrected chi connectivity index (χ1v) is 5.00. The molecular weight excluding hydrogens is 355 g/mol. The summed E-state index contributed by atoms with van der Waals surface area (Å²) < 4.78 is 29.1. The monoisotopic (exact) mass is 368 g/mol. The Balaban J connectivity index is 0. The maximum atomic E-state index is 8.26. The van der Waals surface area contributed by atoms with Crippen molar-refractivity contribution in [3.8, 4) is 0 Å². The van der Waals surface area contributed by atoms with Gasteiger partial charge >= 0.3 is 79.8 Å². The third-order valence-electron chi connectivity index (χ3n) is 0.394. The van der Waals surface area contributed by atoms with E-state index < -0.39 is 18.1 Å². The third kappa shape index (κ3) is 12.6. The van der Waals surface area contributed by atoms with Gasteiger partial charge in [0.15, 0.2) is 0 Å². The SMILES string of the molecule is CC(C)[O][Ti]([OH])([OH])[OH].[PbH2]. The van der Waals surface area contributed by atoms with E-state index >= 15 is 0 Å². The van der Waals surface area contributed by atoms with Gasteiger partial charge in [-0.05, 0) is 0 Å². The van der Waals surface area contributed by atoms with Gasteiger partial charge in [-0.1, -0.05) is 0 Å². The van der Waals surface area contributed by atoms with Crippen LogP contribution in [0.4, 0.5) is 0 Å². The minimum absolute atomic E-state index is 0. The summed E-state index contributed by atoms with van der Waals surface area (Å²) in [6, 6.07) is 0. The molecule has 0 rings (SSSR count). The molecule has 0 aromatic heterocycles. The van der Waals surface area contributed by atoms with E-state index in [9.17, 15) is 0 Å². The van der Waals surface area contributed by atoms with Crippen LogP contribution in [0, 0.1) is 0 Å². The number of rotatable bonds is 2. The molecule has 0 aromatic rings. The molecular formula is C3H12O4PbTi. The Labute approximate surface area is 79.3 Å². The molecule has 0 aliphatic rings. The van der Waals surface area contributed by atoms with Crippen molar-refractivity contribution in [3.05, 3.63) is 0 Å². The van der Waals surface area contributed by atoms with Gasteiger partial charge in [-0.2, -0.15) is 0 Å². The fourth-order valence-electron chi connectivity index (χ4n) is 0.316. The number of hydrogen-bond acceptors (Lipinski definition) is 4. The Morgan fingerprint density at radius 1 is 1.22 bits per heavy atom. The molecule has 0 atom stereocenters. The van der Waals surface area contributed by atoms with E-state index in [2.05, 4.69) is 3.32 Å². The Kier molecular flexibility index (Phi) is 7.52. The molecule has 6 heteroatoms. The molecule has 56 valence electrons. The molecule has 9 heavy (non-hydrogen) atoms. The summed E-state index contributed by atoms with van der Waals surface area (Å²) in [5, 5.41) is 0. The fraction of sp³-hybridized carbons (Fsp3) is 1.00. The first-order chi connectivity index (χ1) is 3.42. The standard InChI is InChI=1S/C3H7O.3H2O.Pb.Ti.2H/c1-3(2)4;;;;;;;/h3H,1-2H3;3*1H2;;;;/q-1;;;;;+4;;/p-3. The van der Waals surface area contributed by atoms with Gasteiger partial charge in [-0.15, -0.1) is 0 Å². The molecule has 0 saturated heterocycles. The summed E-state index contributed by atoms with van der Waals surface area (Å²) in [6.07, 6.45) is -0.324. The molecule has 0 heterocycles. The van der Waals surface area contributed by atoms with Crippen LogP contribution in [-0.2, 0) is 21.5 Å². The first-order valence-electron chi connectivity index (χ1n) is 2.27. The van der Waals surface area contributed by atoms with Gasteiger partial charge in [-0.25, -0.2) is 0 Å². The van der Waals surface area contributed by atoms with Gasteiger partial charge in [0, 0.05) is 0 Å². The van der Waals surface area contributed by atoms with Crippen LogP contribution in [-0.4, -0.2) is 44.5 Å². The van der Waals surface area contributed by atoms with Gasteiger partial charge in [0.25, 0.3) is 0 Å². The Morgan fingerprint density at radius 3 is 1.56 bits per heavy atom. The minimum atomic E-state index is -4.66. The Hall–Kier alpha value is 1.48. The maximum absolute atomic E-state index is 8.26. The molecule has 3 N–H and O–H groups in total. The van der Waals surface area contributed by atoms with Crippen molar-refractivity contribution in [2.24, 2.45) is 0 Å². The van der Waals surface area contributed by atoms with Crippen LogP contribution < -0.4 is 0 Å². The van der Waals surface area contributed by atoms with Crippen molar-refractivity contribution >= 4 is 27.3 Å². The molecule has 0 spiro atoms. The summed E-state index contributed by atoms with van der Waals surface area (Å²) in [6.45, 7) is 3.23. The Bertz CT molecular complexity index is 70.7. The molecule has 0 unspecified atom stereocenters. The topological polar surface area (TPSA) is 69.9 Å². The summed E-state index contributed by atoms with van der Waals surface area (Å²) in [5.74, 6) is 0.